The summed E-state index contributed by atoms with van der Waals surface area (Å²) in [6, 6.07) is 23.5. The first-order valence-electron chi connectivity index (χ1n) is 9.03. The Hall–Kier alpha value is -2.71. The van der Waals surface area contributed by atoms with Crippen LogP contribution in [0.3, 0.4) is 0 Å². The summed E-state index contributed by atoms with van der Waals surface area (Å²) in [6.07, 6.45) is 1.62. The molecule has 0 aromatic heterocycles. The van der Waals surface area contributed by atoms with Crippen molar-refractivity contribution >= 4 is 7.82 Å². The quantitative estimate of drug-likeness (QED) is 0.420. The summed E-state index contributed by atoms with van der Waals surface area (Å²) in [5, 5.41) is 0. The maximum absolute atomic E-state index is 13.5. The van der Waals surface area contributed by atoms with Crippen molar-refractivity contribution in [3.05, 3.63) is 90.0 Å². The molecule has 3 aromatic carbocycles. The molecule has 0 saturated heterocycles. The monoisotopic (exact) mass is 382 g/mol. The molecule has 140 valence electrons. The summed E-state index contributed by atoms with van der Waals surface area (Å²) >= 11 is 0. The maximum atomic E-state index is 13.5. The van der Waals surface area contributed by atoms with Crippen molar-refractivity contribution in [2.75, 3.05) is 0 Å². The van der Waals surface area contributed by atoms with Crippen LogP contribution in [0.1, 0.15) is 25.0 Å². The van der Waals surface area contributed by atoms with Gasteiger partial charge in [-0.25, -0.2) is 0 Å². The van der Waals surface area contributed by atoms with Gasteiger partial charge in [-0.1, -0.05) is 62.4 Å². The van der Waals surface area contributed by atoms with Crippen molar-refractivity contribution in [3.8, 4) is 17.2 Å². The number of hydrogen-bond donors (Lipinski definition) is 0. The van der Waals surface area contributed by atoms with Crippen molar-refractivity contribution in [1.29, 1.82) is 0 Å². The van der Waals surface area contributed by atoms with Crippen LogP contribution < -0.4 is 13.6 Å². The Labute approximate surface area is 160 Å². The molecule has 3 rings (SSSR count). The van der Waals surface area contributed by atoms with Crippen LogP contribution in [-0.2, 0) is 17.4 Å². The number of benzene rings is 3. The molecule has 3 aromatic rings. The van der Waals surface area contributed by atoms with Crippen LogP contribution in [0.5, 0.6) is 17.2 Å². The van der Waals surface area contributed by atoms with Gasteiger partial charge in [0.2, 0.25) is 0 Å². The zero-order valence-corrected chi connectivity index (χ0v) is 16.4. The van der Waals surface area contributed by atoms with Gasteiger partial charge in [-0.3, -0.25) is 0 Å². The molecular weight excluding hydrogens is 359 g/mol. The molecule has 0 aliphatic carbocycles. The molecule has 0 amide bonds. The molecule has 0 spiro atoms. The minimum atomic E-state index is -3.96. The van der Waals surface area contributed by atoms with Crippen molar-refractivity contribution in [2.24, 2.45) is 0 Å². The molecule has 0 radical (unpaired) electrons. The van der Waals surface area contributed by atoms with E-state index in [0.717, 1.165) is 24.0 Å². The number of para-hydroxylation sites is 2. The highest BCUT2D eigenvalue weighted by molar-refractivity contribution is 7.49. The van der Waals surface area contributed by atoms with Crippen LogP contribution in [-0.4, -0.2) is 0 Å². The van der Waals surface area contributed by atoms with Gasteiger partial charge in [-0.15, -0.1) is 0 Å². The van der Waals surface area contributed by atoms with Gasteiger partial charge in [-0.2, -0.15) is 4.57 Å². The highest BCUT2D eigenvalue weighted by Gasteiger charge is 2.34. The standard InChI is InChI=1S/C22H23O4P/c1-3-18-12-11-17-22(21(18)4-2)26-27(23,24-19-13-7-5-8-14-19)25-20-15-9-6-10-16-20/h5-17H,3-4H2,1-2H3. The zero-order valence-electron chi connectivity index (χ0n) is 15.5. The van der Waals surface area contributed by atoms with E-state index in [1.54, 1.807) is 54.6 Å². The lowest BCUT2D eigenvalue weighted by atomic mass is 10.0. The second-order valence-electron chi connectivity index (χ2n) is 5.95. The van der Waals surface area contributed by atoms with Gasteiger partial charge in [-0.05, 0) is 54.3 Å². The fourth-order valence-electron chi connectivity index (χ4n) is 2.83. The van der Waals surface area contributed by atoms with Gasteiger partial charge < -0.3 is 13.6 Å². The Kier molecular flexibility index (Phi) is 6.20. The molecule has 0 saturated carbocycles. The lowest BCUT2D eigenvalue weighted by Gasteiger charge is -2.21. The topological polar surface area (TPSA) is 44.8 Å². The third-order valence-electron chi connectivity index (χ3n) is 4.10. The predicted molar refractivity (Wildman–Crippen MR) is 108 cm³/mol. The summed E-state index contributed by atoms with van der Waals surface area (Å²) in [5.74, 6) is 1.36. The Morgan fingerprint density at radius 1 is 0.667 bits per heavy atom. The van der Waals surface area contributed by atoms with Crippen LogP contribution in [0, 0.1) is 0 Å². The number of rotatable bonds is 8. The normalized spacial score (nSPS) is 11.0. The van der Waals surface area contributed by atoms with E-state index in [0.29, 0.717) is 17.2 Å². The first kappa shape index (κ1) is 19.1. The van der Waals surface area contributed by atoms with E-state index in [1.165, 1.54) is 0 Å². The van der Waals surface area contributed by atoms with E-state index in [2.05, 4.69) is 6.92 Å². The number of phosphoric acid groups is 1. The molecule has 0 atom stereocenters. The van der Waals surface area contributed by atoms with Crippen LogP contribution in [0.25, 0.3) is 0 Å². The van der Waals surface area contributed by atoms with Crippen LogP contribution in [0.4, 0.5) is 0 Å². The first-order chi connectivity index (χ1) is 13.1. The Balaban J connectivity index is 1.96. The van der Waals surface area contributed by atoms with Gasteiger partial charge in [0.1, 0.15) is 17.2 Å². The molecule has 0 heterocycles. The van der Waals surface area contributed by atoms with Gasteiger partial charge in [0.15, 0.2) is 0 Å². The van der Waals surface area contributed by atoms with E-state index in [4.69, 9.17) is 13.6 Å². The molecule has 0 aliphatic heterocycles. The van der Waals surface area contributed by atoms with Crippen LogP contribution in [0.15, 0.2) is 78.9 Å². The van der Waals surface area contributed by atoms with Gasteiger partial charge in [0.25, 0.3) is 0 Å². The van der Waals surface area contributed by atoms with Gasteiger partial charge in [0, 0.05) is 0 Å². The molecule has 0 bridgehead atoms. The third kappa shape index (κ3) is 4.93. The summed E-state index contributed by atoms with van der Waals surface area (Å²) in [6.45, 7) is 4.13. The summed E-state index contributed by atoms with van der Waals surface area (Å²) < 4.78 is 30.8. The number of hydrogen-bond acceptors (Lipinski definition) is 4. The molecule has 5 heteroatoms. The molecule has 0 N–H and O–H groups in total. The van der Waals surface area contributed by atoms with E-state index >= 15 is 0 Å². The fourth-order valence-corrected chi connectivity index (χ4v) is 4.11. The minimum absolute atomic E-state index is 0.418. The summed E-state index contributed by atoms with van der Waals surface area (Å²) in [4.78, 5) is 0. The lowest BCUT2D eigenvalue weighted by Crippen LogP contribution is -2.09. The van der Waals surface area contributed by atoms with E-state index in [1.807, 2.05) is 31.2 Å². The van der Waals surface area contributed by atoms with E-state index in [-0.39, 0.29) is 0 Å². The van der Waals surface area contributed by atoms with Crippen molar-refractivity contribution in [2.45, 2.75) is 26.7 Å². The fraction of sp³-hybridized carbons (Fsp3) is 0.182. The largest absolute Gasteiger partial charge is 0.647 e. The SMILES string of the molecule is CCc1cccc(OP(=O)(Oc2ccccc2)Oc2ccccc2)c1CC. The van der Waals surface area contributed by atoms with Crippen molar-refractivity contribution in [3.63, 3.8) is 0 Å². The molecule has 0 fully saturated rings. The van der Waals surface area contributed by atoms with Gasteiger partial charge in [0.05, 0.1) is 0 Å². The average molecular weight is 382 g/mol. The van der Waals surface area contributed by atoms with Crippen molar-refractivity contribution < 1.29 is 18.1 Å². The molecule has 0 aliphatic rings. The van der Waals surface area contributed by atoms with Crippen LogP contribution >= 0.6 is 7.82 Å². The zero-order chi connectivity index (χ0) is 19.1. The highest BCUT2D eigenvalue weighted by atomic mass is 31.2. The summed E-state index contributed by atoms with van der Waals surface area (Å²) in [5.41, 5.74) is 2.16. The summed E-state index contributed by atoms with van der Waals surface area (Å²) in [7, 11) is -3.96. The Morgan fingerprint density at radius 3 is 1.70 bits per heavy atom. The van der Waals surface area contributed by atoms with Crippen molar-refractivity contribution in [1.82, 2.24) is 0 Å². The maximum Gasteiger partial charge on any atom is 0.647 e. The molecular formula is C22H23O4P. The number of phosphoric ester groups is 1. The number of aryl methyl sites for hydroxylation is 1. The van der Waals surface area contributed by atoms with Gasteiger partial charge >= 0.3 is 7.82 Å². The predicted octanol–water partition coefficient (Wildman–Crippen LogP) is 6.46. The highest BCUT2D eigenvalue weighted by Crippen LogP contribution is 2.50. The minimum Gasteiger partial charge on any atom is -0.386 e. The third-order valence-corrected chi connectivity index (χ3v) is 5.38. The second kappa shape index (κ2) is 8.79. The Bertz CT molecular complexity index is 865. The molecule has 0 unspecified atom stereocenters. The van der Waals surface area contributed by atoms with E-state index < -0.39 is 7.82 Å². The molecule has 27 heavy (non-hydrogen) atoms. The molecule has 4 nitrogen and oxygen atoms in total. The first-order valence-corrected chi connectivity index (χ1v) is 10.5. The van der Waals surface area contributed by atoms with Crippen LogP contribution in [0.2, 0.25) is 0 Å². The smallest absolute Gasteiger partial charge is 0.386 e. The van der Waals surface area contributed by atoms with E-state index in [9.17, 15) is 4.57 Å². The average Bonchev–Trinajstić information content (AvgIpc) is 2.69. The Morgan fingerprint density at radius 2 is 1.22 bits per heavy atom. The lowest BCUT2D eigenvalue weighted by molar-refractivity contribution is 0.297. The second-order valence-corrected chi connectivity index (χ2v) is 7.39.